The Labute approximate surface area is 108 Å². The van der Waals surface area contributed by atoms with Crippen LogP contribution < -0.4 is 5.32 Å². The fourth-order valence-electron chi connectivity index (χ4n) is 1.79. The van der Waals surface area contributed by atoms with Crippen molar-refractivity contribution in [2.24, 2.45) is 0 Å². The summed E-state index contributed by atoms with van der Waals surface area (Å²) in [7, 11) is 1.57. The number of methoxy groups -OCH3 is 1. The Kier molecular flexibility index (Phi) is 3.96. The number of hydrogen-bond donors (Lipinski definition) is 2. The number of fused-ring (bicyclic) bond motifs is 1. The Hall–Kier alpha value is -2.15. The van der Waals surface area contributed by atoms with Gasteiger partial charge in [0.05, 0.1) is 17.6 Å². The first-order valence-electron chi connectivity index (χ1n) is 5.72. The Morgan fingerprint density at radius 3 is 3.05 bits per heavy atom. The average Bonchev–Trinajstić information content (AvgIpc) is 2.67. The van der Waals surface area contributed by atoms with E-state index in [0.717, 1.165) is 0 Å². The van der Waals surface area contributed by atoms with Gasteiger partial charge in [-0.05, 0) is 18.2 Å². The second-order valence-corrected chi connectivity index (χ2v) is 3.97. The van der Waals surface area contributed by atoms with Crippen molar-refractivity contribution in [1.29, 1.82) is 0 Å². The molecule has 0 aliphatic heterocycles. The number of nitrogens with zero attached hydrogens (tertiary/aromatic N) is 2. The largest absolute Gasteiger partial charge is 0.480 e. The van der Waals surface area contributed by atoms with Crippen LogP contribution in [0.25, 0.3) is 11.0 Å². The second kappa shape index (κ2) is 5.66. The summed E-state index contributed by atoms with van der Waals surface area (Å²) in [5.41, 5.74) is 0.991. The summed E-state index contributed by atoms with van der Waals surface area (Å²) >= 11 is 0. The van der Waals surface area contributed by atoms with Crippen LogP contribution in [-0.2, 0) is 16.1 Å². The monoisotopic (exact) mass is 267 g/mol. The summed E-state index contributed by atoms with van der Waals surface area (Å²) in [6.45, 7) is 0.668. The lowest BCUT2D eigenvalue weighted by Crippen LogP contribution is -2.15. The van der Waals surface area contributed by atoms with Crippen LogP contribution in [0.5, 0.6) is 0 Å². The fraction of sp³-hybridized carbons (Fsp3) is 0.333. The number of carboxylic acid groups (broad SMARTS) is 1. The molecule has 2 rings (SSSR count). The summed E-state index contributed by atoms with van der Waals surface area (Å²) in [5.74, 6) is -1.05. The molecule has 0 spiro atoms. The van der Waals surface area contributed by atoms with Crippen LogP contribution in [-0.4, -0.2) is 40.9 Å². The molecule has 2 N–H and O–H groups in total. The summed E-state index contributed by atoms with van der Waals surface area (Å²) in [4.78, 5) is 15.1. The van der Waals surface area contributed by atoms with Crippen molar-refractivity contribution < 1.29 is 19.0 Å². The van der Waals surface area contributed by atoms with E-state index in [1.807, 2.05) is 0 Å². The predicted octanol–water partition coefficient (Wildman–Crippen LogP) is 1.32. The first-order valence-corrected chi connectivity index (χ1v) is 5.72. The third-order valence-corrected chi connectivity index (χ3v) is 2.59. The van der Waals surface area contributed by atoms with Crippen molar-refractivity contribution >= 4 is 23.0 Å². The highest BCUT2D eigenvalue weighted by molar-refractivity contribution is 5.81. The third-order valence-electron chi connectivity index (χ3n) is 2.59. The Morgan fingerprint density at radius 2 is 2.37 bits per heavy atom. The first-order chi connectivity index (χ1) is 9.11. The maximum Gasteiger partial charge on any atom is 0.323 e. The number of anilines is 1. The molecule has 1 aromatic heterocycles. The van der Waals surface area contributed by atoms with E-state index in [-0.39, 0.29) is 6.54 Å². The molecule has 0 radical (unpaired) electrons. The highest BCUT2D eigenvalue weighted by Gasteiger charge is 2.13. The number of benzene rings is 1. The standard InChI is InChI=1S/C12H14FN3O3/c1-19-5-4-14-12-15-9-3-2-8(13)6-10(9)16(12)7-11(17)18/h2-3,6H,4-5,7H2,1H3,(H,14,15)(H,17,18). The Bertz CT molecular complexity index is 597. The molecule has 2 aromatic rings. The van der Waals surface area contributed by atoms with Gasteiger partial charge in [0.2, 0.25) is 5.95 Å². The van der Waals surface area contributed by atoms with Crippen molar-refractivity contribution in [3.63, 3.8) is 0 Å². The molecule has 102 valence electrons. The number of imidazole rings is 1. The van der Waals surface area contributed by atoms with E-state index in [2.05, 4.69) is 10.3 Å². The number of ether oxygens (including phenoxy) is 1. The number of halogens is 1. The highest BCUT2D eigenvalue weighted by atomic mass is 19.1. The molecule has 0 aliphatic carbocycles. The minimum absolute atomic E-state index is 0.282. The summed E-state index contributed by atoms with van der Waals surface area (Å²) in [6.07, 6.45) is 0. The van der Waals surface area contributed by atoms with E-state index < -0.39 is 11.8 Å². The van der Waals surface area contributed by atoms with Crippen LogP contribution >= 0.6 is 0 Å². The number of carboxylic acids is 1. The Morgan fingerprint density at radius 1 is 1.58 bits per heavy atom. The fourth-order valence-corrected chi connectivity index (χ4v) is 1.79. The zero-order valence-corrected chi connectivity index (χ0v) is 10.4. The molecular weight excluding hydrogens is 253 g/mol. The molecule has 0 saturated carbocycles. The van der Waals surface area contributed by atoms with Crippen molar-refractivity contribution in [3.8, 4) is 0 Å². The lowest BCUT2D eigenvalue weighted by Gasteiger charge is -2.08. The van der Waals surface area contributed by atoms with Gasteiger partial charge >= 0.3 is 5.97 Å². The summed E-state index contributed by atoms with van der Waals surface area (Å²) in [6, 6.07) is 4.08. The predicted molar refractivity (Wildman–Crippen MR) is 67.7 cm³/mol. The van der Waals surface area contributed by atoms with Gasteiger partial charge in [0, 0.05) is 13.7 Å². The van der Waals surface area contributed by atoms with Gasteiger partial charge in [-0.25, -0.2) is 9.37 Å². The van der Waals surface area contributed by atoms with Gasteiger partial charge in [-0.1, -0.05) is 0 Å². The van der Waals surface area contributed by atoms with Gasteiger partial charge in [0.1, 0.15) is 12.4 Å². The van der Waals surface area contributed by atoms with Crippen LogP contribution in [0.2, 0.25) is 0 Å². The highest BCUT2D eigenvalue weighted by Crippen LogP contribution is 2.20. The smallest absolute Gasteiger partial charge is 0.323 e. The van der Waals surface area contributed by atoms with Crippen LogP contribution in [0, 0.1) is 5.82 Å². The van der Waals surface area contributed by atoms with E-state index in [9.17, 15) is 9.18 Å². The van der Waals surface area contributed by atoms with Crippen molar-refractivity contribution in [2.75, 3.05) is 25.6 Å². The summed E-state index contributed by atoms with van der Waals surface area (Å²) in [5, 5.41) is 11.9. The number of carbonyl (C=O) groups is 1. The van der Waals surface area contributed by atoms with Crippen molar-refractivity contribution in [1.82, 2.24) is 9.55 Å². The third kappa shape index (κ3) is 3.00. The van der Waals surface area contributed by atoms with Gasteiger partial charge in [0.25, 0.3) is 0 Å². The van der Waals surface area contributed by atoms with Gasteiger partial charge < -0.3 is 15.2 Å². The molecule has 19 heavy (non-hydrogen) atoms. The van der Waals surface area contributed by atoms with Crippen LogP contribution in [0.1, 0.15) is 0 Å². The van der Waals surface area contributed by atoms with Gasteiger partial charge in [-0.3, -0.25) is 9.36 Å². The van der Waals surface area contributed by atoms with Crippen molar-refractivity contribution in [3.05, 3.63) is 24.0 Å². The quantitative estimate of drug-likeness (QED) is 0.772. The zero-order chi connectivity index (χ0) is 13.8. The minimum atomic E-state index is -1.02. The van der Waals surface area contributed by atoms with Crippen molar-refractivity contribution in [2.45, 2.75) is 6.54 Å². The minimum Gasteiger partial charge on any atom is -0.480 e. The number of nitrogens with one attached hydrogen (secondary N) is 1. The normalized spacial score (nSPS) is 10.8. The molecule has 0 saturated heterocycles. The molecule has 6 nitrogen and oxygen atoms in total. The van der Waals surface area contributed by atoms with Gasteiger partial charge in [-0.15, -0.1) is 0 Å². The molecule has 1 heterocycles. The SMILES string of the molecule is COCCNc1nc2ccc(F)cc2n1CC(=O)O. The van der Waals surface area contributed by atoms with E-state index in [0.29, 0.717) is 30.1 Å². The number of rotatable bonds is 6. The second-order valence-electron chi connectivity index (χ2n) is 3.97. The van der Waals surface area contributed by atoms with Crippen LogP contribution in [0.3, 0.4) is 0 Å². The molecule has 0 unspecified atom stereocenters. The molecular formula is C12H14FN3O3. The summed E-state index contributed by atoms with van der Waals surface area (Å²) < 4.78 is 19.6. The average molecular weight is 267 g/mol. The van der Waals surface area contributed by atoms with E-state index in [1.54, 1.807) is 7.11 Å². The van der Waals surface area contributed by atoms with Gasteiger partial charge in [0.15, 0.2) is 0 Å². The molecule has 0 bridgehead atoms. The zero-order valence-electron chi connectivity index (χ0n) is 10.4. The Balaban J connectivity index is 2.39. The number of hydrogen-bond acceptors (Lipinski definition) is 4. The number of aromatic nitrogens is 2. The lowest BCUT2D eigenvalue weighted by molar-refractivity contribution is -0.137. The lowest BCUT2D eigenvalue weighted by atomic mass is 10.3. The molecule has 0 atom stereocenters. The number of aliphatic carboxylic acids is 1. The molecule has 7 heteroatoms. The van der Waals surface area contributed by atoms with E-state index >= 15 is 0 Å². The first kappa shape index (κ1) is 13.3. The topological polar surface area (TPSA) is 76.4 Å². The molecule has 0 fully saturated rings. The van der Waals surface area contributed by atoms with E-state index in [1.165, 1.54) is 22.8 Å². The maximum absolute atomic E-state index is 13.2. The van der Waals surface area contributed by atoms with Crippen LogP contribution in [0.4, 0.5) is 10.3 Å². The van der Waals surface area contributed by atoms with Gasteiger partial charge in [-0.2, -0.15) is 0 Å². The molecule has 0 aliphatic rings. The van der Waals surface area contributed by atoms with E-state index in [4.69, 9.17) is 9.84 Å². The molecule has 0 amide bonds. The van der Waals surface area contributed by atoms with Crippen LogP contribution in [0.15, 0.2) is 18.2 Å². The maximum atomic E-state index is 13.2. The molecule has 1 aromatic carbocycles.